The molecular formula is C13H11F2N5O4. The van der Waals surface area contributed by atoms with Gasteiger partial charge in [-0.2, -0.15) is 4.80 Å². The second-order valence-electron chi connectivity index (χ2n) is 5.24. The number of aromatic nitrogens is 4. The van der Waals surface area contributed by atoms with E-state index in [1.54, 1.807) is 0 Å². The lowest BCUT2D eigenvalue weighted by molar-refractivity contribution is -0.141. The molecule has 1 aromatic carbocycles. The molecule has 0 saturated carbocycles. The lowest BCUT2D eigenvalue weighted by Gasteiger charge is -2.16. The summed E-state index contributed by atoms with van der Waals surface area (Å²) in [7, 11) is 0. The fourth-order valence-corrected chi connectivity index (χ4v) is 2.59. The molecule has 1 aliphatic rings. The number of carboxylic acid groups (broad SMARTS) is 2. The third-order valence-electron chi connectivity index (χ3n) is 3.74. The Morgan fingerprint density at radius 3 is 2.58 bits per heavy atom. The van der Waals surface area contributed by atoms with E-state index in [4.69, 9.17) is 10.2 Å². The molecule has 3 rings (SSSR count). The molecule has 11 heteroatoms. The van der Waals surface area contributed by atoms with Gasteiger partial charge in [-0.25, -0.2) is 18.4 Å². The first kappa shape index (κ1) is 15.8. The Bertz CT molecular complexity index is 789. The zero-order valence-electron chi connectivity index (χ0n) is 12.0. The molecule has 1 aromatic heterocycles. The van der Waals surface area contributed by atoms with E-state index in [1.807, 2.05) is 0 Å². The van der Waals surface area contributed by atoms with Crippen LogP contribution in [0.3, 0.4) is 0 Å². The van der Waals surface area contributed by atoms with Gasteiger partial charge in [0.15, 0.2) is 0 Å². The Kier molecular flexibility index (Phi) is 3.83. The van der Waals surface area contributed by atoms with Crippen LogP contribution in [-0.2, 0) is 4.79 Å². The van der Waals surface area contributed by atoms with E-state index >= 15 is 0 Å². The van der Waals surface area contributed by atoms with Crippen LogP contribution in [0.25, 0.3) is 11.4 Å². The average molecular weight is 339 g/mol. The van der Waals surface area contributed by atoms with Gasteiger partial charge in [0.05, 0.1) is 11.6 Å². The van der Waals surface area contributed by atoms with Gasteiger partial charge in [-0.05, 0) is 17.3 Å². The summed E-state index contributed by atoms with van der Waals surface area (Å²) < 4.78 is 26.7. The van der Waals surface area contributed by atoms with Crippen LogP contribution in [0.2, 0.25) is 0 Å². The number of aliphatic carboxylic acids is 1. The van der Waals surface area contributed by atoms with Crippen LogP contribution < -0.4 is 0 Å². The number of benzene rings is 1. The number of likely N-dealkylation sites (tertiary alicyclic amines) is 1. The van der Waals surface area contributed by atoms with Gasteiger partial charge in [0.25, 0.3) is 0 Å². The smallest absolute Gasteiger partial charge is 0.408 e. The number of tetrazole rings is 1. The standard InChI is InChI=1S/C13H11F2N5O4/c14-6-1-2-8(9(15)3-6)11-16-18-20(17-11)7-4-10(12(21)22)19(5-7)13(23)24/h1-3,7,10H,4-5H2,(H,21,22)(H,23,24). The monoisotopic (exact) mass is 339 g/mol. The zero-order valence-corrected chi connectivity index (χ0v) is 12.0. The molecule has 2 N–H and O–H groups in total. The molecule has 0 aliphatic carbocycles. The zero-order chi connectivity index (χ0) is 17.4. The first-order valence-electron chi connectivity index (χ1n) is 6.84. The van der Waals surface area contributed by atoms with Crippen molar-refractivity contribution in [2.24, 2.45) is 0 Å². The van der Waals surface area contributed by atoms with Crippen molar-refractivity contribution >= 4 is 12.1 Å². The van der Waals surface area contributed by atoms with Crippen molar-refractivity contribution < 1.29 is 28.6 Å². The number of halogens is 2. The minimum Gasteiger partial charge on any atom is -0.480 e. The van der Waals surface area contributed by atoms with Gasteiger partial charge in [0.1, 0.15) is 17.7 Å². The second-order valence-corrected chi connectivity index (χ2v) is 5.24. The summed E-state index contributed by atoms with van der Waals surface area (Å²) in [6.07, 6.45) is -1.40. The normalized spacial score (nSPS) is 20.3. The summed E-state index contributed by atoms with van der Waals surface area (Å²) in [5.41, 5.74) is -0.0643. The Labute approximate surface area is 133 Å². The fraction of sp³-hybridized carbons (Fsp3) is 0.308. The van der Waals surface area contributed by atoms with Crippen LogP contribution >= 0.6 is 0 Å². The van der Waals surface area contributed by atoms with E-state index in [0.29, 0.717) is 6.07 Å². The predicted molar refractivity (Wildman–Crippen MR) is 73.0 cm³/mol. The maximum Gasteiger partial charge on any atom is 0.408 e. The van der Waals surface area contributed by atoms with E-state index in [0.717, 1.165) is 21.8 Å². The molecule has 1 fully saturated rings. The minimum atomic E-state index is -1.37. The van der Waals surface area contributed by atoms with Gasteiger partial charge in [-0.1, -0.05) is 0 Å². The van der Waals surface area contributed by atoms with Crippen LogP contribution in [-0.4, -0.2) is 60.0 Å². The van der Waals surface area contributed by atoms with Crippen LogP contribution in [0.5, 0.6) is 0 Å². The molecule has 2 unspecified atom stereocenters. The molecule has 2 aromatic rings. The molecule has 0 radical (unpaired) electrons. The molecule has 1 aliphatic heterocycles. The highest BCUT2D eigenvalue weighted by molar-refractivity contribution is 5.80. The Hall–Kier alpha value is -3.11. The second kappa shape index (κ2) is 5.83. The summed E-state index contributed by atoms with van der Waals surface area (Å²) in [4.78, 5) is 24.1. The van der Waals surface area contributed by atoms with Crippen LogP contribution in [0.1, 0.15) is 12.5 Å². The fourth-order valence-electron chi connectivity index (χ4n) is 2.59. The van der Waals surface area contributed by atoms with E-state index in [2.05, 4.69) is 15.4 Å². The van der Waals surface area contributed by atoms with Crippen molar-refractivity contribution in [3.05, 3.63) is 29.8 Å². The van der Waals surface area contributed by atoms with E-state index < -0.39 is 35.8 Å². The quantitative estimate of drug-likeness (QED) is 0.855. The van der Waals surface area contributed by atoms with Gasteiger partial charge in [-0.15, -0.1) is 10.2 Å². The number of nitrogens with zero attached hydrogens (tertiary/aromatic N) is 5. The highest BCUT2D eigenvalue weighted by Gasteiger charge is 2.41. The molecule has 126 valence electrons. The third kappa shape index (κ3) is 2.75. The largest absolute Gasteiger partial charge is 0.480 e. The van der Waals surface area contributed by atoms with Gasteiger partial charge < -0.3 is 10.2 Å². The highest BCUT2D eigenvalue weighted by Crippen LogP contribution is 2.27. The number of carbonyl (C=O) groups is 2. The molecule has 0 bridgehead atoms. The van der Waals surface area contributed by atoms with Crippen LogP contribution in [0, 0.1) is 11.6 Å². The van der Waals surface area contributed by atoms with Gasteiger partial charge in [0.2, 0.25) is 5.82 Å². The summed E-state index contributed by atoms with van der Waals surface area (Å²) >= 11 is 0. The highest BCUT2D eigenvalue weighted by atomic mass is 19.1. The molecular weight excluding hydrogens is 328 g/mol. The molecule has 2 heterocycles. The SMILES string of the molecule is O=C(O)C1CC(n2nnc(-c3ccc(F)cc3F)n2)CN1C(=O)O. The summed E-state index contributed by atoms with van der Waals surface area (Å²) in [6, 6.07) is 1.01. The Morgan fingerprint density at radius 2 is 2.00 bits per heavy atom. The molecule has 1 saturated heterocycles. The molecule has 2 atom stereocenters. The van der Waals surface area contributed by atoms with Crippen molar-refractivity contribution in [3.63, 3.8) is 0 Å². The van der Waals surface area contributed by atoms with Crippen molar-refractivity contribution in [2.45, 2.75) is 18.5 Å². The summed E-state index contributed by atoms with van der Waals surface area (Å²) in [5.74, 6) is -2.99. The first-order chi connectivity index (χ1) is 11.4. The van der Waals surface area contributed by atoms with Crippen molar-refractivity contribution in [1.29, 1.82) is 0 Å². The van der Waals surface area contributed by atoms with Gasteiger partial charge >= 0.3 is 12.1 Å². The number of carboxylic acids is 1. The van der Waals surface area contributed by atoms with E-state index in [-0.39, 0.29) is 24.4 Å². The Balaban J connectivity index is 1.86. The van der Waals surface area contributed by atoms with Crippen molar-refractivity contribution in [2.75, 3.05) is 6.54 Å². The minimum absolute atomic E-state index is 0.0384. The third-order valence-corrected chi connectivity index (χ3v) is 3.74. The molecule has 0 spiro atoms. The van der Waals surface area contributed by atoms with Crippen molar-refractivity contribution in [3.8, 4) is 11.4 Å². The number of hydrogen-bond donors (Lipinski definition) is 2. The maximum absolute atomic E-state index is 13.7. The predicted octanol–water partition coefficient (Wildman–Crippen LogP) is 0.996. The first-order valence-corrected chi connectivity index (χ1v) is 6.84. The van der Waals surface area contributed by atoms with Crippen molar-refractivity contribution in [1.82, 2.24) is 25.1 Å². The van der Waals surface area contributed by atoms with Crippen LogP contribution in [0.4, 0.5) is 13.6 Å². The lowest BCUT2D eigenvalue weighted by Crippen LogP contribution is -2.39. The molecule has 9 nitrogen and oxygen atoms in total. The van der Waals surface area contributed by atoms with Gasteiger partial charge in [0, 0.05) is 19.0 Å². The maximum atomic E-state index is 13.7. The van der Waals surface area contributed by atoms with E-state index in [9.17, 15) is 18.4 Å². The molecule has 24 heavy (non-hydrogen) atoms. The van der Waals surface area contributed by atoms with E-state index in [1.165, 1.54) is 0 Å². The van der Waals surface area contributed by atoms with Crippen LogP contribution in [0.15, 0.2) is 18.2 Å². The summed E-state index contributed by atoms with van der Waals surface area (Å²) in [6.45, 7) is -0.131. The number of rotatable bonds is 3. The number of amides is 1. The Morgan fingerprint density at radius 1 is 1.25 bits per heavy atom. The lowest BCUT2D eigenvalue weighted by atomic mass is 10.2. The summed E-state index contributed by atoms with van der Waals surface area (Å²) in [5, 5.41) is 29.5. The molecule has 1 amide bonds. The number of hydrogen-bond acceptors (Lipinski definition) is 5. The van der Waals surface area contributed by atoms with Gasteiger partial charge in [-0.3, -0.25) is 4.90 Å². The average Bonchev–Trinajstić information content (AvgIpc) is 3.13. The topological polar surface area (TPSA) is 121 Å².